The number of benzene rings is 1. The van der Waals surface area contributed by atoms with Crippen LogP contribution in [0.2, 0.25) is 0 Å². The van der Waals surface area contributed by atoms with E-state index in [2.05, 4.69) is 33.4 Å². The average Bonchev–Trinajstić information content (AvgIpc) is 2.88. The molecule has 4 heterocycles. The van der Waals surface area contributed by atoms with Crippen molar-refractivity contribution >= 4 is 34.9 Å². The Morgan fingerprint density at radius 2 is 1.71 bits per heavy atom. The molecule has 1 aromatic carbocycles. The Balaban J connectivity index is 1.28. The van der Waals surface area contributed by atoms with Gasteiger partial charge in [0.05, 0.1) is 0 Å². The lowest BCUT2D eigenvalue weighted by Crippen LogP contribution is -2.36. The number of ether oxygens (including phenoxy) is 2. The van der Waals surface area contributed by atoms with E-state index in [-0.39, 0.29) is 0 Å². The van der Waals surface area contributed by atoms with Gasteiger partial charge in [0.1, 0.15) is 24.8 Å². The largest absolute Gasteiger partial charge is 0.486 e. The second-order valence-corrected chi connectivity index (χ2v) is 9.84. The standard InChI is InChI=1S/C25H34N6O2S/c1-18-6-5-11-31(17-18)23-15-22(30-9-3-2-4-10-30)27-24(28-23)29-25(34)26-16-19-7-8-20-21(14-19)33-13-12-32-20/h7-8,14-15,18H,2-6,9-13,16-17H2,1H3,(H2,26,27,28,29,34)/t18-/m1/s1. The van der Waals surface area contributed by atoms with E-state index in [0.717, 1.165) is 54.9 Å². The van der Waals surface area contributed by atoms with Crippen LogP contribution in [0, 0.1) is 5.92 Å². The van der Waals surface area contributed by atoms with Crippen molar-refractivity contribution in [3.05, 3.63) is 29.8 Å². The highest BCUT2D eigenvalue weighted by atomic mass is 32.1. The average molecular weight is 483 g/mol. The summed E-state index contributed by atoms with van der Waals surface area (Å²) < 4.78 is 11.3. The van der Waals surface area contributed by atoms with Crippen LogP contribution < -0.4 is 29.9 Å². The van der Waals surface area contributed by atoms with Gasteiger partial charge in [-0.25, -0.2) is 0 Å². The number of nitrogens with one attached hydrogen (secondary N) is 2. The third kappa shape index (κ3) is 5.63. The normalized spacial score (nSPS) is 20.1. The molecule has 0 radical (unpaired) electrons. The molecule has 34 heavy (non-hydrogen) atoms. The monoisotopic (exact) mass is 482 g/mol. The lowest BCUT2D eigenvalue weighted by Gasteiger charge is -2.33. The molecule has 3 aliphatic rings. The van der Waals surface area contributed by atoms with E-state index in [0.29, 0.717) is 36.7 Å². The van der Waals surface area contributed by atoms with Crippen molar-refractivity contribution in [2.75, 3.05) is 54.5 Å². The summed E-state index contributed by atoms with van der Waals surface area (Å²) in [6.07, 6.45) is 6.18. The van der Waals surface area contributed by atoms with Gasteiger partial charge in [0.15, 0.2) is 16.6 Å². The highest BCUT2D eigenvalue weighted by Gasteiger charge is 2.21. The number of rotatable bonds is 5. The third-order valence-corrected chi connectivity index (χ3v) is 6.89. The number of fused-ring (bicyclic) bond motifs is 1. The van der Waals surface area contributed by atoms with Gasteiger partial charge in [-0.2, -0.15) is 9.97 Å². The Hall–Kier alpha value is -2.81. The molecule has 0 aliphatic carbocycles. The molecule has 0 bridgehead atoms. The highest BCUT2D eigenvalue weighted by Crippen LogP contribution is 2.31. The third-order valence-electron chi connectivity index (χ3n) is 6.65. The summed E-state index contributed by atoms with van der Waals surface area (Å²) in [5, 5.41) is 7.01. The summed E-state index contributed by atoms with van der Waals surface area (Å²) in [4.78, 5) is 14.5. The van der Waals surface area contributed by atoms with E-state index in [9.17, 15) is 0 Å². The number of hydrogen-bond acceptors (Lipinski definition) is 7. The molecule has 8 nitrogen and oxygen atoms in total. The van der Waals surface area contributed by atoms with Crippen LogP contribution >= 0.6 is 12.2 Å². The van der Waals surface area contributed by atoms with Crippen molar-refractivity contribution in [2.45, 2.75) is 45.6 Å². The number of anilines is 3. The van der Waals surface area contributed by atoms with Gasteiger partial charge in [-0.3, -0.25) is 0 Å². The van der Waals surface area contributed by atoms with Crippen LogP contribution in [-0.2, 0) is 6.54 Å². The van der Waals surface area contributed by atoms with Crippen molar-refractivity contribution in [3.8, 4) is 11.5 Å². The summed E-state index contributed by atoms with van der Waals surface area (Å²) >= 11 is 5.59. The molecule has 0 amide bonds. The van der Waals surface area contributed by atoms with Crippen LogP contribution in [0.25, 0.3) is 0 Å². The van der Waals surface area contributed by atoms with Crippen molar-refractivity contribution in [2.24, 2.45) is 5.92 Å². The first-order chi connectivity index (χ1) is 16.6. The van der Waals surface area contributed by atoms with Gasteiger partial charge in [-0.05, 0) is 67.9 Å². The minimum Gasteiger partial charge on any atom is -0.486 e. The molecule has 2 saturated heterocycles. The fourth-order valence-electron chi connectivity index (χ4n) is 4.85. The molecule has 3 aliphatic heterocycles. The Morgan fingerprint density at radius 1 is 0.971 bits per heavy atom. The maximum atomic E-state index is 5.69. The molecular weight excluding hydrogens is 448 g/mol. The van der Waals surface area contributed by atoms with E-state index in [1.807, 2.05) is 18.2 Å². The van der Waals surface area contributed by atoms with E-state index < -0.39 is 0 Å². The Morgan fingerprint density at radius 3 is 2.50 bits per heavy atom. The van der Waals surface area contributed by atoms with Crippen molar-refractivity contribution in [1.29, 1.82) is 0 Å². The van der Waals surface area contributed by atoms with Crippen molar-refractivity contribution < 1.29 is 9.47 Å². The Bertz CT molecular complexity index is 1010. The summed E-state index contributed by atoms with van der Waals surface area (Å²) in [7, 11) is 0. The highest BCUT2D eigenvalue weighted by molar-refractivity contribution is 7.80. The van der Waals surface area contributed by atoms with Crippen LogP contribution in [0.1, 0.15) is 44.6 Å². The molecule has 5 rings (SSSR count). The minimum atomic E-state index is 0.503. The minimum absolute atomic E-state index is 0.503. The summed E-state index contributed by atoms with van der Waals surface area (Å²) in [6.45, 7) is 8.20. The zero-order valence-electron chi connectivity index (χ0n) is 19.9. The molecule has 0 unspecified atom stereocenters. The number of hydrogen-bond donors (Lipinski definition) is 2. The molecule has 182 valence electrons. The number of aromatic nitrogens is 2. The fourth-order valence-corrected chi connectivity index (χ4v) is 5.01. The van der Waals surface area contributed by atoms with Crippen LogP contribution in [0.5, 0.6) is 11.5 Å². The molecule has 2 fully saturated rings. The van der Waals surface area contributed by atoms with Gasteiger partial charge >= 0.3 is 0 Å². The first-order valence-corrected chi connectivity index (χ1v) is 12.9. The first-order valence-electron chi connectivity index (χ1n) is 12.5. The maximum absolute atomic E-state index is 5.69. The fraction of sp³-hybridized carbons (Fsp3) is 0.560. The topological polar surface area (TPSA) is 74.8 Å². The van der Waals surface area contributed by atoms with Gasteiger partial charge < -0.3 is 29.9 Å². The smallest absolute Gasteiger partial charge is 0.232 e. The summed E-state index contributed by atoms with van der Waals surface area (Å²) in [5.41, 5.74) is 1.07. The van der Waals surface area contributed by atoms with Gasteiger partial charge in [0, 0.05) is 38.8 Å². The number of nitrogens with zero attached hydrogens (tertiary/aromatic N) is 4. The van der Waals surface area contributed by atoms with Crippen LogP contribution in [0.4, 0.5) is 17.6 Å². The van der Waals surface area contributed by atoms with Gasteiger partial charge in [-0.1, -0.05) is 13.0 Å². The maximum Gasteiger partial charge on any atom is 0.232 e. The lowest BCUT2D eigenvalue weighted by molar-refractivity contribution is 0.171. The first kappa shape index (κ1) is 23.0. The molecule has 0 saturated carbocycles. The van der Waals surface area contributed by atoms with Crippen LogP contribution in [-0.4, -0.2) is 54.5 Å². The van der Waals surface area contributed by atoms with E-state index in [1.54, 1.807) is 0 Å². The molecular formula is C25H34N6O2S. The van der Waals surface area contributed by atoms with Gasteiger partial charge in [-0.15, -0.1) is 0 Å². The lowest BCUT2D eigenvalue weighted by atomic mass is 10.0. The molecule has 2 aromatic rings. The number of thiocarbonyl (C=S) groups is 1. The predicted molar refractivity (Wildman–Crippen MR) is 139 cm³/mol. The van der Waals surface area contributed by atoms with E-state index in [4.69, 9.17) is 31.7 Å². The second kappa shape index (κ2) is 10.6. The molecule has 0 spiro atoms. The molecule has 1 aromatic heterocycles. The summed E-state index contributed by atoms with van der Waals surface area (Å²) in [5.74, 6) is 4.77. The molecule has 2 N–H and O–H groups in total. The molecule has 1 atom stereocenters. The summed E-state index contributed by atoms with van der Waals surface area (Å²) in [6, 6.07) is 8.11. The quantitative estimate of drug-likeness (QED) is 0.616. The zero-order chi connectivity index (χ0) is 23.3. The van der Waals surface area contributed by atoms with E-state index in [1.165, 1.54) is 32.1 Å². The number of piperidine rings is 2. The second-order valence-electron chi connectivity index (χ2n) is 9.43. The zero-order valence-corrected chi connectivity index (χ0v) is 20.7. The Labute approximate surface area is 207 Å². The van der Waals surface area contributed by atoms with Crippen LogP contribution in [0.3, 0.4) is 0 Å². The Kier molecular flexibility index (Phi) is 7.18. The van der Waals surface area contributed by atoms with Crippen molar-refractivity contribution in [3.63, 3.8) is 0 Å². The molecule has 9 heteroatoms. The van der Waals surface area contributed by atoms with Crippen LogP contribution in [0.15, 0.2) is 24.3 Å². The van der Waals surface area contributed by atoms with E-state index >= 15 is 0 Å². The SMILES string of the molecule is C[C@@H]1CCCN(c2cc(N3CCCCC3)nc(NC(=S)NCc3ccc4c(c3)OCCO4)n2)C1. The van der Waals surface area contributed by atoms with Gasteiger partial charge in [0.2, 0.25) is 5.95 Å². The van der Waals surface area contributed by atoms with Gasteiger partial charge in [0.25, 0.3) is 0 Å². The predicted octanol–water partition coefficient (Wildman–Crippen LogP) is 3.96. The van der Waals surface area contributed by atoms with Crippen molar-refractivity contribution in [1.82, 2.24) is 15.3 Å².